The Bertz CT molecular complexity index is 488. The van der Waals surface area contributed by atoms with E-state index in [0.29, 0.717) is 11.6 Å². The predicted molar refractivity (Wildman–Crippen MR) is 77.5 cm³/mol. The third-order valence-corrected chi connectivity index (χ3v) is 3.68. The summed E-state index contributed by atoms with van der Waals surface area (Å²) < 4.78 is 5.40. The Hall–Kier alpha value is -0.740. The van der Waals surface area contributed by atoms with E-state index in [4.69, 9.17) is 16.3 Å². The van der Waals surface area contributed by atoms with Crippen LogP contribution in [0.3, 0.4) is 0 Å². The number of hydrogen-bond acceptors (Lipinski definition) is 3. The molecule has 0 aliphatic rings. The highest BCUT2D eigenvalue weighted by Crippen LogP contribution is 2.25. The molecule has 0 saturated carbocycles. The number of benzene rings is 1. The lowest BCUT2D eigenvalue weighted by Crippen LogP contribution is -3.00. The average Bonchev–Trinajstić information content (AvgIpc) is 2.86. The van der Waals surface area contributed by atoms with Crippen LogP contribution in [0.1, 0.15) is 17.4 Å². The molecule has 1 heterocycles. The molecule has 19 heavy (non-hydrogen) atoms. The van der Waals surface area contributed by atoms with Crippen LogP contribution in [0.5, 0.6) is 5.75 Å². The van der Waals surface area contributed by atoms with Crippen molar-refractivity contribution >= 4 is 22.9 Å². The van der Waals surface area contributed by atoms with Gasteiger partial charge >= 0.3 is 0 Å². The summed E-state index contributed by atoms with van der Waals surface area (Å²) in [5.41, 5.74) is 1.17. The van der Waals surface area contributed by atoms with E-state index in [0.717, 1.165) is 18.8 Å². The number of rotatable bonds is 6. The maximum absolute atomic E-state index is 6.14. The summed E-state index contributed by atoms with van der Waals surface area (Å²) in [4.78, 5) is 1.34. The first-order valence-corrected chi connectivity index (χ1v) is 7.19. The highest BCUT2D eigenvalue weighted by molar-refractivity contribution is 7.09. The Morgan fingerprint density at radius 2 is 2.11 bits per heavy atom. The SMILES string of the molecule is CCOc1ccc(CNCc2cccs2)cc1Cl.[Cl-]. The van der Waals surface area contributed by atoms with Crippen LogP contribution in [-0.2, 0) is 13.1 Å². The molecule has 2 rings (SSSR count). The molecule has 0 saturated heterocycles. The zero-order chi connectivity index (χ0) is 12.8. The van der Waals surface area contributed by atoms with Crippen molar-refractivity contribution in [2.24, 2.45) is 0 Å². The molecule has 0 amide bonds. The molecule has 0 spiro atoms. The first-order valence-electron chi connectivity index (χ1n) is 5.94. The molecular formula is C14H16Cl2NOS-. The molecule has 1 aromatic carbocycles. The minimum Gasteiger partial charge on any atom is -1.00 e. The second-order valence-corrected chi connectivity index (χ2v) is 5.32. The number of ether oxygens (including phenoxy) is 1. The zero-order valence-corrected chi connectivity index (χ0v) is 13.0. The molecule has 5 heteroatoms. The summed E-state index contributed by atoms with van der Waals surface area (Å²) in [6.45, 7) is 4.29. The van der Waals surface area contributed by atoms with Gasteiger partial charge in [-0.1, -0.05) is 23.7 Å². The molecule has 0 fully saturated rings. The van der Waals surface area contributed by atoms with Crippen LogP contribution in [0, 0.1) is 0 Å². The number of nitrogens with one attached hydrogen (secondary N) is 1. The Balaban J connectivity index is 0.00000180. The summed E-state index contributed by atoms with van der Waals surface area (Å²) in [6.07, 6.45) is 0. The molecule has 0 bridgehead atoms. The maximum Gasteiger partial charge on any atom is 0.137 e. The van der Waals surface area contributed by atoms with Gasteiger partial charge in [-0.3, -0.25) is 0 Å². The lowest BCUT2D eigenvalue weighted by atomic mass is 10.2. The average molecular weight is 317 g/mol. The van der Waals surface area contributed by atoms with Gasteiger partial charge < -0.3 is 22.5 Å². The zero-order valence-electron chi connectivity index (χ0n) is 10.7. The topological polar surface area (TPSA) is 21.3 Å². The molecule has 0 aliphatic carbocycles. The van der Waals surface area contributed by atoms with Gasteiger partial charge in [0.05, 0.1) is 11.6 Å². The van der Waals surface area contributed by atoms with Crippen molar-refractivity contribution in [3.05, 3.63) is 51.2 Å². The second-order valence-electron chi connectivity index (χ2n) is 3.88. The lowest BCUT2D eigenvalue weighted by molar-refractivity contribution is -0.00000407. The normalized spacial score (nSPS) is 10.0. The van der Waals surface area contributed by atoms with Gasteiger partial charge in [0.15, 0.2) is 0 Å². The summed E-state index contributed by atoms with van der Waals surface area (Å²) in [6, 6.07) is 10.1. The van der Waals surface area contributed by atoms with Crippen LogP contribution in [0.25, 0.3) is 0 Å². The Kier molecular flexibility index (Phi) is 7.24. The molecule has 1 aromatic heterocycles. The fourth-order valence-corrected chi connectivity index (χ4v) is 2.60. The van der Waals surface area contributed by atoms with Gasteiger partial charge in [-0.2, -0.15) is 0 Å². The molecular weight excluding hydrogens is 301 g/mol. The Labute approximate surface area is 129 Å². The van der Waals surface area contributed by atoms with Crippen LogP contribution in [0.4, 0.5) is 0 Å². The standard InChI is InChI=1S/C14H16ClNOS.ClH/c1-2-17-14-6-5-11(8-13(14)15)9-16-10-12-4-3-7-18-12;/h3-8,16H,2,9-10H2,1H3;1H/p-1. The lowest BCUT2D eigenvalue weighted by Gasteiger charge is -2.08. The van der Waals surface area contributed by atoms with E-state index >= 15 is 0 Å². The second kappa shape index (κ2) is 8.43. The van der Waals surface area contributed by atoms with Crippen molar-refractivity contribution in [2.45, 2.75) is 20.0 Å². The van der Waals surface area contributed by atoms with Gasteiger partial charge in [0.25, 0.3) is 0 Å². The van der Waals surface area contributed by atoms with Gasteiger partial charge in [-0.25, -0.2) is 0 Å². The van der Waals surface area contributed by atoms with Gasteiger partial charge in [-0.05, 0) is 36.1 Å². The van der Waals surface area contributed by atoms with Crippen LogP contribution < -0.4 is 22.5 Å². The van der Waals surface area contributed by atoms with Gasteiger partial charge in [0.2, 0.25) is 0 Å². The maximum atomic E-state index is 6.14. The third-order valence-electron chi connectivity index (χ3n) is 2.50. The molecule has 1 N–H and O–H groups in total. The Morgan fingerprint density at radius 1 is 1.26 bits per heavy atom. The van der Waals surface area contributed by atoms with E-state index in [9.17, 15) is 0 Å². The molecule has 0 unspecified atom stereocenters. The van der Waals surface area contributed by atoms with E-state index in [1.165, 1.54) is 10.4 Å². The van der Waals surface area contributed by atoms with Crippen molar-refractivity contribution in [3.8, 4) is 5.75 Å². The van der Waals surface area contributed by atoms with Gasteiger partial charge in [-0.15, -0.1) is 11.3 Å². The minimum absolute atomic E-state index is 0. The number of halogens is 2. The van der Waals surface area contributed by atoms with Crippen molar-refractivity contribution in [3.63, 3.8) is 0 Å². The molecule has 0 radical (unpaired) electrons. The van der Waals surface area contributed by atoms with Gasteiger partial charge in [0, 0.05) is 18.0 Å². The predicted octanol–water partition coefficient (Wildman–Crippen LogP) is 1.09. The quantitative estimate of drug-likeness (QED) is 0.861. The van der Waals surface area contributed by atoms with E-state index in [1.54, 1.807) is 11.3 Å². The summed E-state index contributed by atoms with van der Waals surface area (Å²) in [5, 5.41) is 6.16. The number of thiophene rings is 1. The summed E-state index contributed by atoms with van der Waals surface area (Å²) in [7, 11) is 0. The van der Waals surface area contributed by atoms with Crippen LogP contribution in [-0.4, -0.2) is 6.61 Å². The highest BCUT2D eigenvalue weighted by Gasteiger charge is 2.02. The van der Waals surface area contributed by atoms with E-state index in [1.807, 2.05) is 25.1 Å². The van der Waals surface area contributed by atoms with Crippen molar-refractivity contribution in [1.29, 1.82) is 0 Å². The fourth-order valence-electron chi connectivity index (χ4n) is 1.67. The smallest absolute Gasteiger partial charge is 0.137 e. The third kappa shape index (κ3) is 5.03. The van der Waals surface area contributed by atoms with E-state index < -0.39 is 0 Å². The van der Waals surface area contributed by atoms with E-state index in [2.05, 4.69) is 22.8 Å². The number of hydrogen-bond donors (Lipinski definition) is 1. The van der Waals surface area contributed by atoms with Crippen LogP contribution in [0.15, 0.2) is 35.7 Å². The van der Waals surface area contributed by atoms with Crippen LogP contribution in [0.2, 0.25) is 5.02 Å². The van der Waals surface area contributed by atoms with Crippen LogP contribution >= 0.6 is 22.9 Å². The highest BCUT2D eigenvalue weighted by atomic mass is 35.5. The minimum atomic E-state index is 0. The van der Waals surface area contributed by atoms with E-state index in [-0.39, 0.29) is 12.4 Å². The molecule has 2 nitrogen and oxygen atoms in total. The van der Waals surface area contributed by atoms with Crippen molar-refractivity contribution < 1.29 is 17.1 Å². The van der Waals surface area contributed by atoms with Gasteiger partial charge in [0.1, 0.15) is 5.75 Å². The monoisotopic (exact) mass is 316 g/mol. The first-order chi connectivity index (χ1) is 8.79. The molecule has 104 valence electrons. The molecule has 2 aromatic rings. The fraction of sp³-hybridized carbons (Fsp3) is 0.286. The molecule has 0 atom stereocenters. The van der Waals surface area contributed by atoms with Crippen molar-refractivity contribution in [2.75, 3.05) is 6.61 Å². The Morgan fingerprint density at radius 3 is 2.74 bits per heavy atom. The first kappa shape index (κ1) is 16.3. The summed E-state index contributed by atoms with van der Waals surface area (Å²) in [5.74, 6) is 0.751. The summed E-state index contributed by atoms with van der Waals surface area (Å²) >= 11 is 7.90. The largest absolute Gasteiger partial charge is 1.00 e. The van der Waals surface area contributed by atoms with Crippen molar-refractivity contribution in [1.82, 2.24) is 5.32 Å². The molecule has 0 aliphatic heterocycles.